The van der Waals surface area contributed by atoms with Crippen LogP contribution in [-0.4, -0.2) is 22.2 Å². The molecule has 0 aliphatic carbocycles. The molecule has 0 aliphatic rings. The van der Waals surface area contributed by atoms with Crippen LogP contribution >= 0.6 is 0 Å². The van der Waals surface area contributed by atoms with Gasteiger partial charge in [-0.15, -0.1) is 0 Å². The summed E-state index contributed by atoms with van der Waals surface area (Å²) in [6.07, 6.45) is 3.25. The molecule has 1 amide bonds. The van der Waals surface area contributed by atoms with Crippen LogP contribution in [0.25, 0.3) is 10.8 Å². The van der Waals surface area contributed by atoms with Gasteiger partial charge in [-0.1, -0.05) is 0 Å². The Kier molecular flexibility index (Phi) is 3.57. The molecule has 4 nitrogen and oxygen atoms in total. The topological polar surface area (TPSA) is 59.1 Å². The zero-order valence-corrected chi connectivity index (χ0v) is 12.2. The van der Waals surface area contributed by atoms with Crippen molar-refractivity contribution in [2.75, 3.05) is 0 Å². The number of nitrogens with zero attached hydrogens (tertiary/aromatic N) is 1. The second-order valence-corrected chi connectivity index (χ2v) is 5.84. The van der Waals surface area contributed by atoms with E-state index in [1.165, 1.54) is 6.92 Å². The number of amides is 1. The fourth-order valence-electron chi connectivity index (χ4n) is 2.10. The van der Waals surface area contributed by atoms with Gasteiger partial charge < -0.3 is 5.32 Å². The molecule has 0 unspecified atom stereocenters. The number of pyridine rings is 1. The first-order chi connectivity index (χ1) is 9.29. The third kappa shape index (κ3) is 2.85. The van der Waals surface area contributed by atoms with Crippen molar-refractivity contribution in [2.45, 2.75) is 33.2 Å². The van der Waals surface area contributed by atoms with E-state index in [4.69, 9.17) is 0 Å². The van der Waals surface area contributed by atoms with E-state index in [1.807, 2.05) is 20.8 Å². The Labute approximate surface area is 118 Å². The number of aromatic nitrogens is 1. The number of nitrogens with one attached hydrogen (secondary N) is 1. The van der Waals surface area contributed by atoms with E-state index in [0.29, 0.717) is 16.5 Å². The molecule has 0 spiro atoms. The summed E-state index contributed by atoms with van der Waals surface area (Å²) in [5.74, 6) is -0.186. The molecule has 2 rings (SSSR count). The molecule has 0 atom stereocenters. The largest absolute Gasteiger partial charge is 0.347 e. The third-order valence-electron chi connectivity index (χ3n) is 2.93. The number of Topliss-reactive ketones (excluding diaryl/α,β-unsaturated/α-hetero) is 1. The van der Waals surface area contributed by atoms with E-state index < -0.39 is 0 Å². The van der Waals surface area contributed by atoms with E-state index in [2.05, 4.69) is 10.3 Å². The fraction of sp³-hybridized carbons (Fsp3) is 0.312. The van der Waals surface area contributed by atoms with E-state index >= 15 is 0 Å². The monoisotopic (exact) mass is 270 g/mol. The van der Waals surface area contributed by atoms with Crippen molar-refractivity contribution in [1.29, 1.82) is 0 Å². The van der Waals surface area contributed by atoms with E-state index in [1.54, 1.807) is 30.6 Å². The van der Waals surface area contributed by atoms with Gasteiger partial charge in [0.2, 0.25) is 0 Å². The Morgan fingerprint density at radius 3 is 2.30 bits per heavy atom. The molecule has 1 aromatic heterocycles. The quantitative estimate of drug-likeness (QED) is 0.853. The highest BCUT2D eigenvalue weighted by Gasteiger charge is 2.18. The van der Waals surface area contributed by atoms with E-state index in [9.17, 15) is 9.59 Å². The zero-order chi connectivity index (χ0) is 14.9. The van der Waals surface area contributed by atoms with Crippen LogP contribution in [0, 0.1) is 0 Å². The van der Waals surface area contributed by atoms with Gasteiger partial charge in [0, 0.05) is 34.4 Å². The Bertz CT molecular complexity index is 684. The lowest BCUT2D eigenvalue weighted by atomic mass is 9.98. The molecule has 2 aromatic rings. The number of fused-ring (bicyclic) bond motifs is 1. The second-order valence-electron chi connectivity index (χ2n) is 5.84. The molecule has 0 fully saturated rings. The summed E-state index contributed by atoms with van der Waals surface area (Å²) in [5, 5.41) is 4.38. The minimum atomic E-state index is -0.315. The van der Waals surface area contributed by atoms with Crippen LogP contribution in [0.3, 0.4) is 0 Å². The highest BCUT2D eigenvalue weighted by atomic mass is 16.1. The standard InChI is InChI=1S/C16H18N2O2/c1-10(19)11-5-6-13(15(20)18-16(2,3)4)14-9-17-8-7-12(11)14/h5-9H,1-4H3,(H,18,20). The van der Waals surface area contributed by atoms with Gasteiger partial charge in [0.1, 0.15) is 0 Å². The van der Waals surface area contributed by atoms with Crippen molar-refractivity contribution in [3.8, 4) is 0 Å². The summed E-state index contributed by atoms with van der Waals surface area (Å²) in [7, 11) is 0. The van der Waals surface area contributed by atoms with Crippen molar-refractivity contribution in [1.82, 2.24) is 10.3 Å². The molecule has 1 heterocycles. The van der Waals surface area contributed by atoms with Gasteiger partial charge in [-0.2, -0.15) is 0 Å². The van der Waals surface area contributed by atoms with Gasteiger partial charge in [0.05, 0.1) is 0 Å². The molecule has 1 aromatic carbocycles. The van der Waals surface area contributed by atoms with Crippen LogP contribution in [0.4, 0.5) is 0 Å². The van der Waals surface area contributed by atoms with Crippen molar-refractivity contribution in [3.05, 3.63) is 41.7 Å². The summed E-state index contributed by atoms with van der Waals surface area (Å²) in [6.45, 7) is 7.30. The lowest BCUT2D eigenvalue weighted by Gasteiger charge is -2.21. The highest BCUT2D eigenvalue weighted by molar-refractivity contribution is 6.13. The molecular weight excluding hydrogens is 252 g/mol. The number of carbonyl (C=O) groups excluding carboxylic acids is 2. The van der Waals surface area contributed by atoms with Crippen LogP contribution in [0.2, 0.25) is 0 Å². The van der Waals surface area contributed by atoms with Gasteiger partial charge in [0.25, 0.3) is 5.91 Å². The Morgan fingerprint density at radius 1 is 1.05 bits per heavy atom. The SMILES string of the molecule is CC(=O)c1ccc(C(=O)NC(C)(C)C)c2cnccc12. The summed E-state index contributed by atoms with van der Waals surface area (Å²) in [6, 6.07) is 5.14. The van der Waals surface area contributed by atoms with E-state index in [0.717, 1.165) is 5.39 Å². The molecule has 0 saturated carbocycles. The van der Waals surface area contributed by atoms with Crippen molar-refractivity contribution in [3.63, 3.8) is 0 Å². The van der Waals surface area contributed by atoms with Crippen LogP contribution in [-0.2, 0) is 0 Å². The minimum Gasteiger partial charge on any atom is -0.347 e. The van der Waals surface area contributed by atoms with Gasteiger partial charge >= 0.3 is 0 Å². The lowest BCUT2D eigenvalue weighted by molar-refractivity contribution is 0.0920. The second kappa shape index (κ2) is 5.04. The number of ketones is 1. The lowest BCUT2D eigenvalue weighted by Crippen LogP contribution is -2.40. The van der Waals surface area contributed by atoms with Gasteiger partial charge in [-0.05, 0) is 51.3 Å². The Balaban J connectivity index is 2.59. The molecule has 104 valence electrons. The molecule has 0 saturated heterocycles. The Morgan fingerprint density at radius 2 is 1.70 bits per heavy atom. The number of hydrogen-bond acceptors (Lipinski definition) is 3. The predicted molar refractivity (Wildman–Crippen MR) is 79.0 cm³/mol. The van der Waals surface area contributed by atoms with Crippen LogP contribution in [0.15, 0.2) is 30.6 Å². The Hall–Kier alpha value is -2.23. The maximum atomic E-state index is 12.3. The number of carbonyl (C=O) groups is 2. The highest BCUT2D eigenvalue weighted by Crippen LogP contribution is 2.23. The average Bonchev–Trinajstić information content (AvgIpc) is 2.35. The van der Waals surface area contributed by atoms with Gasteiger partial charge in [-0.3, -0.25) is 14.6 Å². The van der Waals surface area contributed by atoms with Crippen LogP contribution < -0.4 is 5.32 Å². The molecule has 0 bridgehead atoms. The maximum Gasteiger partial charge on any atom is 0.252 e. The van der Waals surface area contributed by atoms with Crippen molar-refractivity contribution in [2.24, 2.45) is 0 Å². The first kappa shape index (κ1) is 14.2. The first-order valence-corrected chi connectivity index (χ1v) is 6.50. The third-order valence-corrected chi connectivity index (χ3v) is 2.93. The predicted octanol–water partition coefficient (Wildman–Crippen LogP) is 2.97. The zero-order valence-electron chi connectivity index (χ0n) is 12.2. The van der Waals surface area contributed by atoms with Gasteiger partial charge in [0.15, 0.2) is 5.78 Å². The molecule has 0 radical (unpaired) electrons. The van der Waals surface area contributed by atoms with E-state index in [-0.39, 0.29) is 17.2 Å². The van der Waals surface area contributed by atoms with Crippen LogP contribution in [0.5, 0.6) is 0 Å². The summed E-state index contributed by atoms with van der Waals surface area (Å²) >= 11 is 0. The number of rotatable bonds is 2. The molecule has 0 aliphatic heterocycles. The number of hydrogen-bond donors (Lipinski definition) is 1. The summed E-state index contributed by atoms with van der Waals surface area (Å²) < 4.78 is 0. The molecule has 1 N–H and O–H groups in total. The molecular formula is C16H18N2O2. The maximum absolute atomic E-state index is 12.3. The first-order valence-electron chi connectivity index (χ1n) is 6.50. The van der Waals surface area contributed by atoms with Crippen molar-refractivity contribution < 1.29 is 9.59 Å². The smallest absolute Gasteiger partial charge is 0.252 e. The minimum absolute atomic E-state index is 0.0241. The van der Waals surface area contributed by atoms with Crippen molar-refractivity contribution >= 4 is 22.5 Å². The normalized spacial score (nSPS) is 11.4. The molecule has 20 heavy (non-hydrogen) atoms. The number of benzene rings is 1. The van der Waals surface area contributed by atoms with Crippen LogP contribution in [0.1, 0.15) is 48.4 Å². The van der Waals surface area contributed by atoms with Gasteiger partial charge in [-0.25, -0.2) is 0 Å². The average molecular weight is 270 g/mol. The fourth-order valence-corrected chi connectivity index (χ4v) is 2.10. The summed E-state index contributed by atoms with van der Waals surface area (Å²) in [5.41, 5.74) is 0.827. The molecule has 4 heteroatoms. The summed E-state index contributed by atoms with van der Waals surface area (Å²) in [4.78, 5) is 28.0.